The number of hydrogen-bond donors (Lipinski definition) is 0. The average Bonchev–Trinajstić information content (AvgIpc) is 3.19. The summed E-state index contributed by atoms with van der Waals surface area (Å²) < 4.78 is 0. The van der Waals surface area contributed by atoms with Crippen molar-refractivity contribution in [3.8, 4) is 44.5 Å². The number of hydrogen-bond acceptors (Lipinski definition) is 0. The molecule has 0 bridgehead atoms. The lowest BCUT2D eigenvalue weighted by Gasteiger charge is -2.21. The highest BCUT2D eigenvalue weighted by Crippen LogP contribution is 2.48. The van der Waals surface area contributed by atoms with E-state index in [1.165, 1.54) is 98.4 Å². The van der Waals surface area contributed by atoms with Gasteiger partial charge in [0.25, 0.3) is 0 Å². The zero-order valence-corrected chi connectivity index (χ0v) is 27.5. The quantitative estimate of drug-likeness (QED) is 0.169. The molecule has 0 unspecified atom stereocenters. The molecule has 0 fully saturated rings. The highest BCUT2D eigenvalue weighted by Gasteiger charge is 2.21. The van der Waals surface area contributed by atoms with Crippen LogP contribution in [0.4, 0.5) is 0 Å². The molecule has 232 valence electrons. The van der Waals surface area contributed by atoms with Gasteiger partial charge in [0.2, 0.25) is 0 Å². The van der Waals surface area contributed by atoms with Crippen LogP contribution in [0.5, 0.6) is 0 Å². The largest absolute Gasteiger partial charge is 0.0616 e. The van der Waals surface area contributed by atoms with Gasteiger partial charge in [-0.1, -0.05) is 182 Å². The van der Waals surface area contributed by atoms with E-state index in [9.17, 15) is 0 Å². The van der Waals surface area contributed by atoms with Gasteiger partial charge < -0.3 is 0 Å². The van der Waals surface area contributed by atoms with E-state index >= 15 is 0 Å². The Labute approximate surface area is 291 Å². The highest BCUT2D eigenvalue weighted by atomic mass is 14.2. The molecule has 10 rings (SSSR count). The summed E-state index contributed by atoms with van der Waals surface area (Å²) >= 11 is 0. The highest BCUT2D eigenvalue weighted by molar-refractivity contribution is 6.26. The third-order valence-corrected chi connectivity index (χ3v) is 10.4. The maximum absolute atomic E-state index is 2.35. The van der Waals surface area contributed by atoms with Crippen LogP contribution in [0, 0.1) is 0 Å². The Hall–Kier alpha value is -6.50. The average molecular weight is 633 g/mol. The molecular weight excluding hydrogens is 601 g/mol. The van der Waals surface area contributed by atoms with Crippen molar-refractivity contribution in [1.29, 1.82) is 0 Å². The van der Waals surface area contributed by atoms with Gasteiger partial charge in [0.15, 0.2) is 0 Å². The van der Waals surface area contributed by atoms with Crippen LogP contribution in [0.1, 0.15) is 0 Å². The van der Waals surface area contributed by atoms with Crippen LogP contribution in [-0.4, -0.2) is 0 Å². The van der Waals surface area contributed by atoms with Gasteiger partial charge in [-0.3, -0.25) is 0 Å². The van der Waals surface area contributed by atoms with Gasteiger partial charge in [-0.05, 0) is 111 Å². The summed E-state index contributed by atoms with van der Waals surface area (Å²) in [6.45, 7) is 0. The van der Waals surface area contributed by atoms with Crippen LogP contribution in [0.15, 0.2) is 194 Å². The van der Waals surface area contributed by atoms with Gasteiger partial charge in [0.1, 0.15) is 0 Å². The monoisotopic (exact) mass is 632 g/mol. The van der Waals surface area contributed by atoms with E-state index in [1.54, 1.807) is 0 Å². The summed E-state index contributed by atoms with van der Waals surface area (Å²) in [5.41, 5.74) is 9.95. The van der Waals surface area contributed by atoms with Gasteiger partial charge >= 0.3 is 0 Å². The number of benzene rings is 10. The Morgan fingerprint density at radius 1 is 0.220 bits per heavy atom. The van der Waals surface area contributed by atoms with Crippen molar-refractivity contribution >= 4 is 53.9 Å². The molecule has 0 aliphatic carbocycles. The second-order valence-corrected chi connectivity index (χ2v) is 13.3. The summed E-state index contributed by atoms with van der Waals surface area (Å²) in [6.07, 6.45) is 0. The fourth-order valence-electron chi connectivity index (χ4n) is 8.06. The normalized spacial score (nSPS) is 11.6. The van der Waals surface area contributed by atoms with E-state index in [0.717, 1.165) is 0 Å². The lowest BCUT2D eigenvalue weighted by atomic mass is 9.82. The van der Waals surface area contributed by atoms with Crippen molar-refractivity contribution in [2.24, 2.45) is 0 Å². The van der Waals surface area contributed by atoms with Crippen LogP contribution in [0.25, 0.3) is 98.4 Å². The second kappa shape index (κ2) is 11.6. The summed E-state index contributed by atoms with van der Waals surface area (Å²) in [7, 11) is 0. The first kappa shape index (κ1) is 28.5. The Morgan fingerprint density at radius 3 is 1.40 bits per heavy atom. The smallest absolute Gasteiger partial charge is 0.00141 e. The van der Waals surface area contributed by atoms with Gasteiger partial charge in [0, 0.05) is 0 Å². The fourth-order valence-corrected chi connectivity index (χ4v) is 8.06. The van der Waals surface area contributed by atoms with Crippen molar-refractivity contribution in [2.75, 3.05) is 0 Å². The molecular formula is C50H32. The first-order valence-corrected chi connectivity index (χ1v) is 17.3. The zero-order chi connectivity index (χ0) is 33.0. The third kappa shape index (κ3) is 4.61. The minimum Gasteiger partial charge on any atom is -0.0616 e. The number of rotatable bonds is 4. The molecule has 0 aliphatic heterocycles. The Bertz CT molecular complexity index is 2900. The molecule has 10 aromatic carbocycles. The molecule has 0 aliphatic rings. The first-order valence-electron chi connectivity index (χ1n) is 17.3. The van der Waals surface area contributed by atoms with Crippen molar-refractivity contribution in [1.82, 2.24) is 0 Å². The zero-order valence-electron chi connectivity index (χ0n) is 27.5. The molecule has 0 spiro atoms. The Balaban J connectivity index is 1.28. The summed E-state index contributed by atoms with van der Waals surface area (Å²) in [4.78, 5) is 0. The molecule has 0 saturated carbocycles. The van der Waals surface area contributed by atoms with E-state index in [0.29, 0.717) is 0 Å². The molecule has 0 saturated heterocycles. The van der Waals surface area contributed by atoms with Crippen LogP contribution < -0.4 is 0 Å². The van der Waals surface area contributed by atoms with Gasteiger partial charge in [-0.2, -0.15) is 0 Å². The molecule has 0 amide bonds. The lowest BCUT2D eigenvalue weighted by Crippen LogP contribution is -1.94. The lowest BCUT2D eigenvalue weighted by molar-refractivity contribution is 1.62. The Kier molecular flexibility index (Phi) is 6.60. The van der Waals surface area contributed by atoms with Crippen molar-refractivity contribution in [3.05, 3.63) is 194 Å². The van der Waals surface area contributed by atoms with Crippen molar-refractivity contribution in [3.63, 3.8) is 0 Å². The molecule has 10 aromatic rings. The van der Waals surface area contributed by atoms with Crippen molar-refractivity contribution in [2.45, 2.75) is 0 Å². The minimum atomic E-state index is 1.22. The van der Waals surface area contributed by atoms with E-state index in [2.05, 4.69) is 194 Å². The summed E-state index contributed by atoms with van der Waals surface area (Å²) in [5.74, 6) is 0. The van der Waals surface area contributed by atoms with Crippen LogP contribution in [0.3, 0.4) is 0 Å². The standard InChI is InChI=1S/C50H32/c1-3-14-38-31-40(29-25-33(38)11-1)35-23-27-37(28-24-35)48-45-18-7-8-19-46(45)49(44-21-9-16-36-13-5-6-17-42(36)44)47-22-10-20-43(50(47)48)41-30-26-34-12-2-4-15-39(34)32-41/h1-32H. The molecule has 0 nitrogen and oxygen atoms in total. The minimum absolute atomic E-state index is 1.22. The predicted octanol–water partition coefficient (Wildman–Crippen LogP) is 14.1. The van der Waals surface area contributed by atoms with Gasteiger partial charge in [0.05, 0.1) is 0 Å². The van der Waals surface area contributed by atoms with Crippen LogP contribution in [0.2, 0.25) is 0 Å². The van der Waals surface area contributed by atoms with E-state index in [1.807, 2.05) is 0 Å². The third-order valence-electron chi connectivity index (χ3n) is 10.4. The van der Waals surface area contributed by atoms with E-state index in [4.69, 9.17) is 0 Å². The second-order valence-electron chi connectivity index (χ2n) is 13.3. The topological polar surface area (TPSA) is 0 Å². The molecule has 0 radical (unpaired) electrons. The SMILES string of the molecule is c1ccc2cc(-c3ccc(-c4c5ccccc5c(-c5cccc6ccccc56)c5cccc(-c6ccc7ccccc7c6)c45)cc3)ccc2c1. The summed E-state index contributed by atoms with van der Waals surface area (Å²) in [6, 6.07) is 71.4. The van der Waals surface area contributed by atoms with Crippen molar-refractivity contribution < 1.29 is 0 Å². The van der Waals surface area contributed by atoms with Gasteiger partial charge in [-0.25, -0.2) is 0 Å². The molecule has 0 heteroatoms. The van der Waals surface area contributed by atoms with Crippen LogP contribution in [-0.2, 0) is 0 Å². The number of fused-ring (bicyclic) bond motifs is 5. The molecule has 0 aromatic heterocycles. The van der Waals surface area contributed by atoms with Crippen LogP contribution >= 0.6 is 0 Å². The molecule has 0 heterocycles. The van der Waals surface area contributed by atoms with E-state index in [-0.39, 0.29) is 0 Å². The molecule has 0 N–H and O–H groups in total. The maximum Gasteiger partial charge on any atom is -0.00141 e. The Morgan fingerprint density at radius 2 is 0.680 bits per heavy atom. The summed E-state index contributed by atoms with van der Waals surface area (Å²) in [5, 5.41) is 12.6. The molecule has 0 atom stereocenters. The molecule has 50 heavy (non-hydrogen) atoms. The maximum atomic E-state index is 2.35. The van der Waals surface area contributed by atoms with E-state index < -0.39 is 0 Å². The first-order chi connectivity index (χ1) is 24.8. The predicted molar refractivity (Wildman–Crippen MR) is 216 cm³/mol. The van der Waals surface area contributed by atoms with Gasteiger partial charge in [-0.15, -0.1) is 0 Å². The fraction of sp³-hybridized carbons (Fsp3) is 0.